The minimum absolute atomic E-state index is 0.144. The number of carbonyl (C=O) groups is 1. The minimum Gasteiger partial charge on any atom is -0.495 e. The summed E-state index contributed by atoms with van der Waals surface area (Å²) >= 11 is 1.28. The molecule has 0 fully saturated rings. The van der Waals surface area contributed by atoms with Crippen molar-refractivity contribution in [2.45, 2.75) is 12.1 Å². The summed E-state index contributed by atoms with van der Waals surface area (Å²) in [6.45, 7) is 2.53. The predicted molar refractivity (Wildman–Crippen MR) is 123 cm³/mol. The number of anilines is 1. The Balaban J connectivity index is 1.56. The number of nitrogens with one attached hydrogen (secondary N) is 1. The average Bonchev–Trinajstić information content (AvgIpc) is 3.49. The highest BCUT2D eigenvalue weighted by Crippen LogP contribution is 2.30. The van der Waals surface area contributed by atoms with Crippen LogP contribution in [0, 0.1) is 0 Å². The molecule has 32 heavy (non-hydrogen) atoms. The summed E-state index contributed by atoms with van der Waals surface area (Å²) in [5.74, 6) is 2.47. The van der Waals surface area contributed by atoms with Gasteiger partial charge in [-0.05, 0) is 55.5 Å². The lowest BCUT2D eigenvalue weighted by atomic mass is 10.3. The van der Waals surface area contributed by atoms with Crippen LogP contribution in [0.1, 0.15) is 6.92 Å². The largest absolute Gasteiger partial charge is 0.495 e. The first-order chi connectivity index (χ1) is 15.7. The quantitative estimate of drug-likeness (QED) is 0.371. The molecule has 164 valence electrons. The summed E-state index contributed by atoms with van der Waals surface area (Å²) in [4.78, 5) is 12.6. The Morgan fingerprint density at radius 2 is 1.91 bits per heavy atom. The number of hydrogen-bond donors (Lipinski definition) is 1. The highest BCUT2D eigenvalue weighted by Gasteiger charge is 2.19. The molecule has 1 amide bonds. The van der Waals surface area contributed by atoms with E-state index in [2.05, 4.69) is 15.5 Å². The highest BCUT2D eigenvalue weighted by molar-refractivity contribution is 7.99. The number of methoxy groups -OCH3 is 1. The lowest BCUT2D eigenvalue weighted by Gasteiger charge is -2.11. The number of thioether (sulfide) groups is 1. The zero-order valence-electron chi connectivity index (χ0n) is 17.6. The van der Waals surface area contributed by atoms with Crippen LogP contribution in [0.25, 0.3) is 17.3 Å². The van der Waals surface area contributed by atoms with Gasteiger partial charge >= 0.3 is 0 Å². The SMILES string of the molecule is CCOc1ccc(-n2c(SCC(=O)Nc3ccccc3OC)nnc2-c2ccco2)cc1. The molecule has 0 bridgehead atoms. The number of rotatable bonds is 9. The molecule has 0 unspecified atom stereocenters. The summed E-state index contributed by atoms with van der Waals surface area (Å²) in [6, 6.07) is 18.5. The van der Waals surface area contributed by atoms with Crippen molar-refractivity contribution in [2.75, 3.05) is 24.8 Å². The number of hydrogen-bond acceptors (Lipinski definition) is 7. The van der Waals surface area contributed by atoms with Gasteiger partial charge in [-0.1, -0.05) is 23.9 Å². The predicted octanol–water partition coefficient (Wildman–Crippen LogP) is 4.67. The van der Waals surface area contributed by atoms with Crippen LogP contribution < -0.4 is 14.8 Å². The number of amides is 1. The monoisotopic (exact) mass is 450 g/mol. The molecule has 4 rings (SSSR count). The van der Waals surface area contributed by atoms with E-state index >= 15 is 0 Å². The van der Waals surface area contributed by atoms with Crippen molar-refractivity contribution >= 4 is 23.4 Å². The van der Waals surface area contributed by atoms with Crippen molar-refractivity contribution in [1.29, 1.82) is 0 Å². The number of aromatic nitrogens is 3. The number of nitrogens with zero attached hydrogens (tertiary/aromatic N) is 3. The Hall–Kier alpha value is -3.72. The standard InChI is InChI=1S/C23H22N4O4S/c1-3-30-17-12-10-16(11-13-17)27-22(20-9-6-14-31-20)25-26-23(27)32-15-21(28)24-18-7-4-5-8-19(18)29-2/h4-14H,3,15H2,1-2H3,(H,24,28). The molecule has 0 saturated heterocycles. The van der Waals surface area contributed by atoms with E-state index in [1.165, 1.54) is 11.8 Å². The fourth-order valence-corrected chi connectivity index (χ4v) is 3.84. The fraction of sp³-hybridized carbons (Fsp3) is 0.174. The second-order valence-electron chi connectivity index (χ2n) is 6.58. The zero-order chi connectivity index (χ0) is 22.3. The van der Waals surface area contributed by atoms with Crippen LogP contribution in [-0.2, 0) is 4.79 Å². The molecule has 2 aromatic heterocycles. The summed E-state index contributed by atoms with van der Waals surface area (Å²) in [7, 11) is 1.56. The van der Waals surface area contributed by atoms with Gasteiger partial charge in [0.15, 0.2) is 10.9 Å². The van der Waals surface area contributed by atoms with E-state index in [-0.39, 0.29) is 11.7 Å². The van der Waals surface area contributed by atoms with Crippen LogP contribution in [0.2, 0.25) is 0 Å². The van der Waals surface area contributed by atoms with E-state index in [1.54, 1.807) is 31.6 Å². The van der Waals surface area contributed by atoms with E-state index < -0.39 is 0 Å². The number of ether oxygens (including phenoxy) is 2. The van der Waals surface area contributed by atoms with Gasteiger partial charge in [0.1, 0.15) is 11.5 Å². The van der Waals surface area contributed by atoms with Crippen molar-refractivity contribution in [2.24, 2.45) is 0 Å². The van der Waals surface area contributed by atoms with Gasteiger partial charge < -0.3 is 19.2 Å². The molecule has 0 saturated carbocycles. The Morgan fingerprint density at radius 1 is 1.09 bits per heavy atom. The molecule has 0 radical (unpaired) electrons. The maximum Gasteiger partial charge on any atom is 0.234 e. The molecule has 2 aromatic carbocycles. The van der Waals surface area contributed by atoms with E-state index in [9.17, 15) is 4.79 Å². The summed E-state index contributed by atoms with van der Waals surface area (Å²) in [5.41, 5.74) is 1.45. The van der Waals surface area contributed by atoms with E-state index in [1.807, 2.05) is 54.0 Å². The van der Waals surface area contributed by atoms with Gasteiger partial charge in [0.25, 0.3) is 0 Å². The van der Waals surface area contributed by atoms with E-state index in [4.69, 9.17) is 13.9 Å². The summed E-state index contributed by atoms with van der Waals surface area (Å²) in [6.07, 6.45) is 1.58. The lowest BCUT2D eigenvalue weighted by molar-refractivity contribution is -0.113. The number of benzene rings is 2. The number of para-hydroxylation sites is 2. The molecule has 2 heterocycles. The van der Waals surface area contributed by atoms with Crippen LogP contribution >= 0.6 is 11.8 Å². The summed E-state index contributed by atoms with van der Waals surface area (Å²) in [5, 5.41) is 12.0. The fourth-order valence-electron chi connectivity index (χ4n) is 3.08. The minimum atomic E-state index is -0.180. The van der Waals surface area contributed by atoms with Gasteiger partial charge in [-0.2, -0.15) is 0 Å². The third kappa shape index (κ3) is 4.78. The van der Waals surface area contributed by atoms with Crippen molar-refractivity contribution in [1.82, 2.24) is 14.8 Å². The third-order valence-corrected chi connectivity index (χ3v) is 5.42. The van der Waals surface area contributed by atoms with Gasteiger partial charge in [0.05, 0.1) is 37.1 Å². The third-order valence-electron chi connectivity index (χ3n) is 4.49. The zero-order valence-corrected chi connectivity index (χ0v) is 18.5. The smallest absolute Gasteiger partial charge is 0.234 e. The lowest BCUT2D eigenvalue weighted by Crippen LogP contribution is -2.15. The van der Waals surface area contributed by atoms with Crippen LogP contribution in [-0.4, -0.2) is 40.1 Å². The first kappa shape index (κ1) is 21.5. The topological polar surface area (TPSA) is 91.4 Å². The van der Waals surface area contributed by atoms with Gasteiger partial charge in [0.2, 0.25) is 11.7 Å². The van der Waals surface area contributed by atoms with Crippen LogP contribution in [0.3, 0.4) is 0 Å². The average molecular weight is 451 g/mol. The molecule has 0 spiro atoms. The normalized spacial score (nSPS) is 10.7. The maximum atomic E-state index is 12.6. The van der Waals surface area contributed by atoms with Crippen LogP contribution in [0.15, 0.2) is 76.5 Å². The Labute approximate surface area is 189 Å². The molecular formula is C23H22N4O4S. The molecule has 8 nitrogen and oxygen atoms in total. The second-order valence-corrected chi connectivity index (χ2v) is 7.53. The Morgan fingerprint density at radius 3 is 2.62 bits per heavy atom. The van der Waals surface area contributed by atoms with Crippen molar-refractivity contribution in [3.05, 3.63) is 66.9 Å². The van der Waals surface area contributed by atoms with Crippen LogP contribution in [0.5, 0.6) is 11.5 Å². The molecule has 1 N–H and O–H groups in total. The maximum absolute atomic E-state index is 12.6. The van der Waals surface area contributed by atoms with Gasteiger partial charge in [-0.15, -0.1) is 10.2 Å². The molecule has 0 aliphatic rings. The molecule has 4 aromatic rings. The molecule has 0 aliphatic carbocycles. The van der Waals surface area contributed by atoms with E-state index in [0.717, 1.165) is 11.4 Å². The number of carbonyl (C=O) groups excluding carboxylic acids is 1. The van der Waals surface area contributed by atoms with Gasteiger partial charge in [-0.25, -0.2) is 0 Å². The second kappa shape index (κ2) is 10.1. The molecular weight excluding hydrogens is 428 g/mol. The van der Waals surface area contributed by atoms with Gasteiger partial charge in [-0.3, -0.25) is 9.36 Å². The Bertz CT molecular complexity index is 1170. The molecule has 0 aliphatic heterocycles. The molecule has 9 heteroatoms. The first-order valence-corrected chi connectivity index (χ1v) is 11.0. The van der Waals surface area contributed by atoms with Crippen molar-refractivity contribution < 1.29 is 18.7 Å². The van der Waals surface area contributed by atoms with Gasteiger partial charge in [0, 0.05) is 0 Å². The first-order valence-electron chi connectivity index (χ1n) is 9.97. The Kier molecular flexibility index (Phi) is 6.76. The summed E-state index contributed by atoms with van der Waals surface area (Å²) < 4.78 is 18.2. The van der Waals surface area contributed by atoms with E-state index in [0.29, 0.717) is 34.8 Å². The highest BCUT2D eigenvalue weighted by atomic mass is 32.2. The molecule has 0 atom stereocenters. The van der Waals surface area contributed by atoms with Crippen molar-refractivity contribution in [3.63, 3.8) is 0 Å². The van der Waals surface area contributed by atoms with Crippen molar-refractivity contribution in [3.8, 4) is 28.8 Å². The number of furan rings is 1. The van der Waals surface area contributed by atoms with Crippen LogP contribution in [0.4, 0.5) is 5.69 Å².